The number of guanidine groups is 1. The number of hydrogen-bond acceptors (Lipinski definition) is 3. The smallest absolute Gasteiger partial charge is 0.191 e. The molecule has 0 aliphatic heterocycles. The number of ether oxygens (including phenoxy) is 1. The van der Waals surface area contributed by atoms with Crippen molar-refractivity contribution in [1.82, 2.24) is 20.4 Å². The van der Waals surface area contributed by atoms with Crippen LogP contribution < -0.4 is 10.6 Å². The van der Waals surface area contributed by atoms with E-state index in [4.69, 9.17) is 4.74 Å². The minimum Gasteiger partial charge on any atom is -0.385 e. The third-order valence-corrected chi connectivity index (χ3v) is 5.27. The van der Waals surface area contributed by atoms with E-state index >= 15 is 0 Å². The number of rotatable bonds is 8. The topological polar surface area (TPSA) is 63.5 Å². The predicted molar refractivity (Wildman–Crippen MR) is 105 cm³/mol. The van der Waals surface area contributed by atoms with E-state index in [0.717, 1.165) is 37.8 Å². The molecule has 6 heteroatoms. The first kappa shape index (κ1) is 18.5. The van der Waals surface area contributed by atoms with Gasteiger partial charge in [-0.3, -0.25) is 4.99 Å². The van der Waals surface area contributed by atoms with Crippen LogP contribution >= 0.6 is 0 Å². The second kappa shape index (κ2) is 8.85. The summed E-state index contributed by atoms with van der Waals surface area (Å²) >= 11 is 0. The first-order valence-electron chi connectivity index (χ1n) is 9.27. The fraction of sp³-hybridized carbons (Fsp3) is 0.500. The fourth-order valence-corrected chi connectivity index (χ4v) is 3.38. The zero-order chi connectivity index (χ0) is 18.2. The number of hydrogen-bond donors (Lipinski definition) is 2. The summed E-state index contributed by atoms with van der Waals surface area (Å²) in [6.07, 6.45) is 8.71. The second-order valence-corrected chi connectivity index (χ2v) is 6.99. The second-order valence-electron chi connectivity index (χ2n) is 6.99. The van der Waals surface area contributed by atoms with Gasteiger partial charge >= 0.3 is 0 Å². The highest BCUT2D eigenvalue weighted by molar-refractivity contribution is 5.79. The average Bonchev–Trinajstić information content (AvgIpc) is 3.18. The summed E-state index contributed by atoms with van der Waals surface area (Å²) in [7, 11) is 3.59. The minimum absolute atomic E-state index is 0.374. The van der Waals surface area contributed by atoms with E-state index in [-0.39, 0.29) is 0 Å². The molecule has 0 spiro atoms. The van der Waals surface area contributed by atoms with Crippen LogP contribution in [-0.2, 0) is 11.3 Å². The fourth-order valence-electron chi connectivity index (χ4n) is 3.38. The summed E-state index contributed by atoms with van der Waals surface area (Å²) < 4.78 is 7.13. The Morgan fingerprint density at radius 3 is 2.65 bits per heavy atom. The number of methoxy groups -OCH3 is 1. The van der Waals surface area contributed by atoms with Crippen LogP contribution in [0.3, 0.4) is 0 Å². The molecule has 1 aliphatic carbocycles. The molecule has 1 aromatic carbocycles. The molecule has 2 aromatic rings. The molecule has 2 N–H and O–H groups in total. The van der Waals surface area contributed by atoms with E-state index in [2.05, 4.69) is 45.0 Å². The first-order valence-corrected chi connectivity index (χ1v) is 9.27. The standard InChI is InChI=1S/C20H29N5O/c1-21-19(23-16-20(9-3-10-20)11-14-26-2)22-15-17-5-7-18(8-6-17)25-13-4-12-24-25/h4-8,12-13H,3,9-11,14-16H2,1-2H3,(H2,21,22,23). The summed E-state index contributed by atoms with van der Waals surface area (Å²) in [5, 5.41) is 11.1. The predicted octanol–water partition coefficient (Wildman–Crippen LogP) is 2.74. The van der Waals surface area contributed by atoms with Crippen molar-refractivity contribution in [2.24, 2.45) is 10.4 Å². The minimum atomic E-state index is 0.374. The Kier molecular flexibility index (Phi) is 6.28. The van der Waals surface area contributed by atoms with E-state index in [1.807, 2.05) is 24.0 Å². The molecule has 0 saturated heterocycles. The lowest BCUT2D eigenvalue weighted by Gasteiger charge is -2.42. The average molecular weight is 355 g/mol. The molecule has 0 atom stereocenters. The van der Waals surface area contributed by atoms with Gasteiger partial charge in [0.1, 0.15) is 0 Å². The third-order valence-electron chi connectivity index (χ3n) is 5.27. The highest BCUT2D eigenvalue weighted by Crippen LogP contribution is 2.43. The molecule has 1 fully saturated rings. The molecule has 140 valence electrons. The number of benzene rings is 1. The van der Waals surface area contributed by atoms with E-state index in [9.17, 15) is 0 Å². The van der Waals surface area contributed by atoms with Crippen LogP contribution in [0.25, 0.3) is 5.69 Å². The van der Waals surface area contributed by atoms with E-state index in [1.165, 1.54) is 24.8 Å². The van der Waals surface area contributed by atoms with Crippen LogP contribution in [0.2, 0.25) is 0 Å². The number of aliphatic imine (C=N–C) groups is 1. The van der Waals surface area contributed by atoms with Gasteiger partial charge in [-0.1, -0.05) is 18.6 Å². The number of nitrogens with zero attached hydrogens (tertiary/aromatic N) is 3. The Balaban J connectivity index is 1.48. The van der Waals surface area contributed by atoms with Crippen LogP contribution in [0.1, 0.15) is 31.2 Å². The van der Waals surface area contributed by atoms with Gasteiger partial charge in [-0.15, -0.1) is 0 Å². The molecule has 26 heavy (non-hydrogen) atoms. The van der Waals surface area contributed by atoms with E-state index < -0.39 is 0 Å². The molecule has 0 amide bonds. The van der Waals surface area contributed by atoms with Gasteiger partial charge in [-0.2, -0.15) is 5.10 Å². The molecule has 0 radical (unpaired) electrons. The lowest BCUT2D eigenvalue weighted by Crippen LogP contribution is -2.46. The molecule has 0 unspecified atom stereocenters. The third kappa shape index (κ3) is 4.64. The lowest BCUT2D eigenvalue weighted by molar-refractivity contribution is 0.0732. The normalized spacial score (nSPS) is 16.2. The number of nitrogens with one attached hydrogen (secondary N) is 2. The summed E-state index contributed by atoms with van der Waals surface area (Å²) in [6, 6.07) is 10.3. The first-order chi connectivity index (χ1) is 12.7. The molecule has 1 aliphatic rings. The molecular weight excluding hydrogens is 326 g/mol. The molecule has 1 saturated carbocycles. The maximum absolute atomic E-state index is 5.27. The highest BCUT2D eigenvalue weighted by atomic mass is 16.5. The summed E-state index contributed by atoms with van der Waals surface area (Å²) in [5.74, 6) is 0.852. The lowest BCUT2D eigenvalue weighted by atomic mass is 9.67. The molecular formula is C20H29N5O. The Hall–Kier alpha value is -2.34. The van der Waals surface area contributed by atoms with Gasteiger partial charge in [0.25, 0.3) is 0 Å². The highest BCUT2D eigenvalue weighted by Gasteiger charge is 2.36. The molecule has 6 nitrogen and oxygen atoms in total. The van der Waals surface area contributed by atoms with Gasteiger partial charge < -0.3 is 15.4 Å². The van der Waals surface area contributed by atoms with Crippen molar-refractivity contribution in [2.45, 2.75) is 32.2 Å². The van der Waals surface area contributed by atoms with Gasteiger partial charge in [-0.25, -0.2) is 4.68 Å². The Labute approximate surface area is 155 Å². The molecule has 1 heterocycles. The van der Waals surface area contributed by atoms with Gasteiger partial charge in [0.15, 0.2) is 5.96 Å². The van der Waals surface area contributed by atoms with E-state index in [1.54, 1.807) is 13.3 Å². The van der Waals surface area contributed by atoms with Crippen molar-refractivity contribution < 1.29 is 4.74 Å². The largest absolute Gasteiger partial charge is 0.385 e. The number of aromatic nitrogens is 2. The Morgan fingerprint density at radius 2 is 2.08 bits per heavy atom. The van der Waals surface area contributed by atoms with Crippen LogP contribution in [0.15, 0.2) is 47.7 Å². The summed E-state index contributed by atoms with van der Waals surface area (Å²) in [6.45, 7) is 2.52. The zero-order valence-corrected chi connectivity index (χ0v) is 15.7. The molecule has 0 bridgehead atoms. The maximum atomic E-state index is 5.27. The van der Waals surface area contributed by atoms with Crippen molar-refractivity contribution in [3.05, 3.63) is 48.3 Å². The zero-order valence-electron chi connectivity index (χ0n) is 15.7. The quantitative estimate of drug-likeness (QED) is 0.565. The van der Waals surface area contributed by atoms with Crippen molar-refractivity contribution in [3.8, 4) is 5.69 Å². The molecule has 1 aromatic heterocycles. The summed E-state index contributed by atoms with van der Waals surface area (Å²) in [4.78, 5) is 4.35. The van der Waals surface area contributed by atoms with Crippen molar-refractivity contribution in [2.75, 3.05) is 27.3 Å². The SMILES string of the molecule is CN=C(NCc1ccc(-n2cccn2)cc1)NCC1(CCOC)CCC1. The van der Waals surface area contributed by atoms with Gasteiger partial charge in [0.05, 0.1) is 5.69 Å². The van der Waals surface area contributed by atoms with Crippen molar-refractivity contribution >= 4 is 5.96 Å². The molecule has 3 rings (SSSR count). The van der Waals surface area contributed by atoms with Gasteiger partial charge in [0.2, 0.25) is 0 Å². The Morgan fingerprint density at radius 1 is 1.27 bits per heavy atom. The monoisotopic (exact) mass is 355 g/mol. The van der Waals surface area contributed by atoms with Crippen molar-refractivity contribution in [1.29, 1.82) is 0 Å². The van der Waals surface area contributed by atoms with Crippen molar-refractivity contribution in [3.63, 3.8) is 0 Å². The van der Waals surface area contributed by atoms with Crippen LogP contribution in [0.5, 0.6) is 0 Å². The van der Waals surface area contributed by atoms with E-state index in [0.29, 0.717) is 5.41 Å². The van der Waals surface area contributed by atoms with Gasteiger partial charge in [-0.05, 0) is 48.4 Å². The van der Waals surface area contributed by atoms with Gasteiger partial charge in [0, 0.05) is 46.2 Å². The maximum Gasteiger partial charge on any atom is 0.191 e. The summed E-state index contributed by atoms with van der Waals surface area (Å²) in [5.41, 5.74) is 2.65. The van der Waals surface area contributed by atoms with Crippen LogP contribution in [0, 0.1) is 5.41 Å². The van der Waals surface area contributed by atoms with Crippen LogP contribution in [0.4, 0.5) is 0 Å². The van der Waals surface area contributed by atoms with Crippen LogP contribution in [-0.4, -0.2) is 43.0 Å². The Bertz CT molecular complexity index is 690.